The van der Waals surface area contributed by atoms with Gasteiger partial charge in [-0.25, -0.2) is 0 Å². The van der Waals surface area contributed by atoms with E-state index in [-0.39, 0.29) is 24.4 Å². The molecule has 1 aliphatic rings. The monoisotopic (exact) mass is 256 g/mol. The fraction of sp³-hybridized carbons (Fsp3) is 0.417. The molecule has 0 radical (unpaired) electrons. The first-order chi connectivity index (χ1) is 7.79. The zero-order chi connectivity index (χ0) is 11.4. The molecule has 5 heteroatoms. The van der Waals surface area contributed by atoms with Crippen molar-refractivity contribution in [2.75, 3.05) is 13.2 Å². The Morgan fingerprint density at radius 3 is 2.65 bits per heavy atom. The molecule has 3 N–H and O–H groups in total. The number of benzene rings is 1. The predicted molar refractivity (Wildman–Crippen MR) is 68.3 cm³/mol. The number of nitrogens with two attached hydrogens (primary N) is 1. The van der Waals surface area contributed by atoms with E-state index >= 15 is 0 Å². The zero-order valence-corrected chi connectivity index (χ0v) is 10.3. The summed E-state index contributed by atoms with van der Waals surface area (Å²) in [6.07, 6.45) is 0.895. The van der Waals surface area contributed by atoms with E-state index in [9.17, 15) is 4.79 Å². The maximum atomic E-state index is 11.8. The van der Waals surface area contributed by atoms with Gasteiger partial charge in [0, 0.05) is 18.7 Å². The topological polar surface area (TPSA) is 64.4 Å². The summed E-state index contributed by atoms with van der Waals surface area (Å²) in [5.41, 5.74) is 7.19. The van der Waals surface area contributed by atoms with Crippen molar-refractivity contribution in [1.82, 2.24) is 5.32 Å². The average molecular weight is 257 g/mol. The summed E-state index contributed by atoms with van der Waals surface area (Å²) < 4.78 is 5.20. The smallest absolute Gasteiger partial charge is 0.251 e. The second-order valence-electron chi connectivity index (χ2n) is 3.94. The van der Waals surface area contributed by atoms with E-state index in [1.54, 1.807) is 12.1 Å². The second-order valence-corrected chi connectivity index (χ2v) is 3.94. The van der Waals surface area contributed by atoms with Crippen LogP contribution in [0.2, 0.25) is 0 Å². The van der Waals surface area contributed by atoms with E-state index in [1.165, 1.54) is 0 Å². The molecular weight excluding hydrogens is 240 g/mol. The summed E-state index contributed by atoms with van der Waals surface area (Å²) in [6, 6.07) is 7.50. The van der Waals surface area contributed by atoms with Crippen LogP contribution in [0, 0.1) is 0 Å². The molecule has 94 valence electrons. The van der Waals surface area contributed by atoms with E-state index in [4.69, 9.17) is 10.5 Å². The van der Waals surface area contributed by atoms with E-state index < -0.39 is 0 Å². The zero-order valence-electron chi connectivity index (χ0n) is 9.52. The van der Waals surface area contributed by atoms with E-state index in [1.807, 2.05) is 12.1 Å². The molecule has 1 atom stereocenters. The van der Waals surface area contributed by atoms with Crippen molar-refractivity contribution in [3.63, 3.8) is 0 Å². The van der Waals surface area contributed by atoms with Gasteiger partial charge in [0.1, 0.15) is 0 Å². The van der Waals surface area contributed by atoms with Crippen molar-refractivity contribution in [1.29, 1.82) is 0 Å². The van der Waals surface area contributed by atoms with Crippen LogP contribution in [-0.4, -0.2) is 25.2 Å². The third-order valence-corrected chi connectivity index (χ3v) is 2.72. The molecule has 2 rings (SSSR count). The first-order valence-corrected chi connectivity index (χ1v) is 5.47. The van der Waals surface area contributed by atoms with Crippen LogP contribution in [0.15, 0.2) is 24.3 Å². The Balaban J connectivity index is 0.00000144. The minimum absolute atomic E-state index is 0. The van der Waals surface area contributed by atoms with Crippen LogP contribution in [0.1, 0.15) is 22.3 Å². The highest BCUT2D eigenvalue weighted by atomic mass is 35.5. The third kappa shape index (κ3) is 3.70. The number of halogens is 1. The molecule has 0 aromatic heterocycles. The van der Waals surface area contributed by atoms with Crippen LogP contribution in [0.4, 0.5) is 0 Å². The van der Waals surface area contributed by atoms with Gasteiger partial charge in [0.2, 0.25) is 0 Å². The molecule has 0 aliphatic carbocycles. The van der Waals surface area contributed by atoms with E-state index in [0.717, 1.165) is 18.6 Å². The molecule has 17 heavy (non-hydrogen) atoms. The van der Waals surface area contributed by atoms with Gasteiger partial charge in [-0.3, -0.25) is 4.79 Å². The third-order valence-electron chi connectivity index (χ3n) is 2.72. The number of nitrogens with one attached hydrogen (secondary N) is 1. The van der Waals surface area contributed by atoms with Crippen molar-refractivity contribution >= 4 is 18.3 Å². The van der Waals surface area contributed by atoms with Crippen molar-refractivity contribution < 1.29 is 9.53 Å². The Hall–Kier alpha value is -1.10. The molecule has 1 amide bonds. The van der Waals surface area contributed by atoms with Crippen molar-refractivity contribution in [2.45, 2.75) is 19.0 Å². The number of hydrogen-bond acceptors (Lipinski definition) is 3. The number of carbonyl (C=O) groups is 1. The molecule has 1 fully saturated rings. The van der Waals surface area contributed by atoms with Gasteiger partial charge in [0.15, 0.2) is 0 Å². The van der Waals surface area contributed by atoms with Crippen LogP contribution < -0.4 is 11.1 Å². The SMILES string of the molecule is Cl.NCc1ccc(C(=O)NC2CCOC2)cc1. The standard InChI is InChI=1S/C12H16N2O2.ClH/c13-7-9-1-3-10(4-2-9)12(15)14-11-5-6-16-8-11;/h1-4,11H,5-8,13H2,(H,14,15);1H. The normalized spacial score (nSPS) is 18.5. The highest BCUT2D eigenvalue weighted by molar-refractivity contribution is 5.94. The molecule has 0 saturated carbocycles. The number of amides is 1. The van der Waals surface area contributed by atoms with Gasteiger partial charge >= 0.3 is 0 Å². The van der Waals surface area contributed by atoms with Crippen LogP contribution in [0.3, 0.4) is 0 Å². The van der Waals surface area contributed by atoms with Crippen LogP contribution in [0.5, 0.6) is 0 Å². The first kappa shape index (κ1) is 14.0. The number of hydrogen-bond donors (Lipinski definition) is 2. The molecule has 4 nitrogen and oxygen atoms in total. The summed E-state index contributed by atoms with van der Waals surface area (Å²) in [6.45, 7) is 1.85. The summed E-state index contributed by atoms with van der Waals surface area (Å²) in [4.78, 5) is 11.8. The summed E-state index contributed by atoms with van der Waals surface area (Å²) >= 11 is 0. The lowest BCUT2D eigenvalue weighted by atomic mass is 10.1. The maximum Gasteiger partial charge on any atom is 0.251 e. The van der Waals surface area contributed by atoms with Crippen molar-refractivity contribution in [3.8, 4) is 0 Å². The highest BCUT2D eigenvalue weighted by Crippen LogP contribution is 2.07. The predicted octanol–water partition coefficient (Wildman–Crippen LogP) is 1.09. The summed E-state index contributed by atoms with van der Waals surface area (Å²) in [5.74, 6) is -0.0425. The minimum atomic E-state index is -0.0425. The Morgan fingerprint density at radius 1 is 1.41 bits per heavy atom. The highest BCUT2D eigenvalue weighted by Gasteiger charge is 2.18. The lowest BCUT2D eigenvalue weighted by Crippen LogP contribution is -2.34. The van der Waals surface area contributed by atoms with E-state index in [2.05, 4.69) is 5.32 Å². The van der Waals surface area contributed by atoms with Gasteiger partial charge in [0.05, 0.1) is 12.6 Å². The molecular formula is C12H17ClN2O2. The van der Waals surface area contributed by atoms with Gasteiger partial charge in [0.25, 0.3) is 5.91 Å². The molecule has 1 saturated heterocycles. The minimum Gasteiger partial charge on any atom is -0.379 e. The van der Waals surface area contributed by atoms with Gasteiger partial charge in [-0.1, -0.05) is 12.1 Å². The van der Waals surface area contributed by atoms with Gasteiger partial charge < -0.3 is 15.8 Å². The molecule has 1 unspecified atom stereocenters. The molecule has 1 aliphatic heterocycles. The summed E-state index contributed by atoms with van der Waals surface area (Å²) in [5, 5.41) is 2.94. The van der Waals surface area contributed by atoms with E-state index in [0.29, 0.717) is 18.7 Å². The second kappa shape index (κ2) is 6.59. The van der Waals surface area contributed by atoms with Gasteiger partial charge in [-0.2, -0.15) is 0 Å². The Morgan fingerprint density at radius 2 is 2.12 bits per heavy atom. The lowest BCUT2D eigenvalue weighted by molar-refractivity contribution is 0.0930. The Bertz CT molecular complexity index is 361. The van der Waals surface area contributed by atoms with Crippen molar-refractivity contribution in [3.05, 3.63) is 35.4 Å². The lowest BCUT2D eigenvalue weighted by Gasteiger charge is -2.10. The first-order valence-electron chi connectivity index (χ1n) is 5.47. The fourth-order valence-electron chi connectivity index (χ4n) is 1.71. The maximum absolute atomic E-state index is 11.8. The number of rotatable bonds is 3. The number of ether oxygens (including phenoxy) is 1. The fourth-order valence-corrected chi connectivity index (χ4v) is 1.71. The van der Waals surface area contributed by atoms with Gasteiger partial charge in [-0.15, -0.1) is 12.4 Å². The Kier molecular flexibility index (Phi) is 5.41. The molecule has 1 aromatic carbocycles. The molecule has 0 spiro atoms. The number of carbonyl (C=O) groups excluding carboxylic acids is 1. The molecule has 1 heterocycles. The Labute approximate surface area is 107 Å². The summed E-state index contributed by atoms with van der Waals surface area (Å²) in [7, 11) is 0. The largest absolute Gasteiger partial charge is 0.379 e. The molecule has 1 aromatic rings. The van der Waals surface area contributed by atoms with Crippen LogP contribution >= 0.6 is 12.4 Å². The van der Waals surface area contributed by atoms with Crippen molar-refractivity contribution in [2.24, 2.45) is 5.73 Å². The quantitative estimate of drug-likeness (QED) is 0.851. The van der Waals surface area contributed by atoms with Gasteiger partial charge in [-0.05, 0) is 24.1 Å². The molecule has 0 bridgehead atoms. The van der Waals surface area contributed by atoms with Crippen LogP contribution in [-0.2, 0) is 11.3 Å². The average Bonchev–Trinajstić information content (AvgIpc) is 2.82. The van der Waals surface area contributed by atoms with Crippen LogP contribution in [0.25, 0.3) is 0 Å².